The van der Waals surface area contributed by atoms with E-state index in [1.807, 2.05) is 0 Å². The van der Waals surface area contributed by atoms with Gasteiger partial charge in [-0.15, -0.1) is 5.10 Å². The van der Waals surface area contributed by atoms with Gasteiger partial charge in [0.1, 0.15) is 0 Å². The van der Waals surface area contributed by atoms with Crippen molar-refractivity contribution in [3.63, 3.8) is 0 Å². The lowest BCUT2D eigenvalue weighted by molar-refractivity contribution is -0.114. The predicted octanol–water partition coefficient (Wildman–Crippen LogP) is 3.64. The van der Waals surface area contributed by atoms with Gasteiger partial charge in [0, 0.05) is 23.2 Å². The van der Waals surface area contributed by atoms with Gasteiger partial charge in [-0.25, -0.2) is 0 Å². The number of halogens is 1. The molecule has 9 heteroatoms. The maximum atomic E-state index is 12.7. The number of nitrogens with one attached hydrogen (secondary N) is 1. The molecular formula is C18H16ClN5O2S. The molecule has 1 atom stereocenters. The SMILES string of the molecule is CC(=O)Nc1ccc(C(=O)C(C)Sc2nnnn2-c2ccc(Cl)cc2)cc1. The van der Waals surface area contributed by atoms with Crippen molar-refractivity contribution in [3.8, 4) is 5.69 Å². The molecule has 27 heavy (non-hydrogen) atoms. The summed E-state index contributed by atoms with van der Waals surface area (Å²) in [6.07, 6.45) is 0. The Labute approximate surface area is 165 Å². The van der Waals surface area contributed by atoms with Gasteiger partial charge < -0.3 is 5.32 Å². The molecular weight excluding hydrogens is 386 g/mol. The van der Waals surface area contributed by atoms with Crippen LogP contribution >= 0.6 is 23.4 Å². The molecule has 2 aromatic carbocycles. The Morgan fingerprint density at radius 3 is 2.41 bits per heavy atom. The van der Waals surface area contributed by atoms with Crippen LogP contribution in [0.4, 0.5) is 5.69 Å². The third-order valence-corrected chi connectivity index (χ3v) is 4.94. The molecule has 0 aliphatic heterocycles. The van der Waals surface area contributed by atoms with Gasteiger partial charge in [0.05, 0.1) is 10.9 Å². The highest BCUT2D eigenvalue weighted by Gasteiger charge is 2.20. The summed E-state index contributed by atoms with van der Waals surface area (Å²) in [5, 5.41) is 15.1. The number of carbonyl (C=O) groups excluding carboxylic acids is 2. The number of rotatable bonds is 6. The number of amides is 1. The molecule has 0 aliphatic rings. The van der Waals surface area contributed by atoms with Gasteiger partial charge in [0.15, 0.2) is 5.78 Å². The Bertz CT molecular complexity index is 957. The molecule has 1 aromatic heterocycles. The number of tetrazole rings is 1. The van der Waals surface area contributed by atoms with Crippen molar-refractivity contribution in [1.29, 1.82) is 0 Å². The molecule has 7 nitrogen and oxygen atoms in total. The number of carbonyl (C=O) groups is 2. The van der Waals surface area contributed by atoms with Gasteiger partial charge in [0.2, 0.25) is 11.1 Å². The highest BCUT2D eigenvalue weighted by molar-refractivity contribution is 8.00. The third-order valence-electron chi connectivity index (χ3n) is 3.65. The lowest BCUT2D eigenvalue weighted by atomic mass is 10.1. The first-order valence-electron chi connectivity index (χ1n) is 8.07. The lowest BCUT2D eigenvalue weighted by Crippen LogP contribution is -2.15. The molecule has 0 aliphatic carbocycles. The average Bonchev–Trinajstić information content (AvgIpc) is 3.10. The van der Waals surface area contributed by atoms with Crippen molar-refractivity contribution >= 4 is 40.7 Å². The molecule has 0 radical (unpaired) electrons. The minimum absolute atomic E-state index is 0.0555. The van der Waals surface area contributed by atoms with Crippen molar-refractivity contribution in [1.82, 2.24) is 20.2 Å². The molecule has 1 heterocycles. The zero-order chi connectivity index (χ0) is 19.4. The summed E-state index contributed by atoms with van der Waals surface area (Å²) < 4.78 is 1.56. The van der Waals surface area contributed by atoms with Crippen molar-refractivity contribution in [2.24, 2.45) is 0 Å². The fourth-order valence-electron chi connectivity index (χ4n) is 2.36. The van der Waals surface area contributed by atoms with Crippen molar-refractivity contribution < 1.29 is 9.59 Å². The molecule has 0 fully saturated rings. The van der Waals surface area contributed by atoms with Crippen LogP contribution in [0, 0.1) is 0 Å². The van der Waals surface area contributed by atoms with Crippen LogP contribution in [0.15, 0.2) is 53.7 Å². The van der Waals surface area contributed by atoms with Crippen molar-refractivity contribution in [2.45, 2.75) is 24.3 Å². The number of thioether (sulfide) groups is 1. The van der Waals surface area contributed by atoms with Gasteiger partial charge in [-0.2, -0.15) is 4.68 Å². The van der Waals surface area contributed by atoms with E-state index in [1.165, 1.54) is 18.7 Å². The highest BCUT2D eigenvalue weighted by atomic mass is 35.5. The van der Waals surface area contributed by atoms with Gasteiger partial charge in [-0.05, 0) is 65.9 Å². The zero-order valence-electron chi connectivity index (χ0n) is 14.6. The van der Waals surface area contributed by atoms with Crippen molar-refractivity contribution in [2.75, 3.05) is 5.32 Å². The van der Waals surface area contributed by atoms with E-state index in [9.17, 15) is 9.59 Å². The quantitative estimate of drug-likeness (QED) is 0.501. The van der Waals surface area contributed by atoms with E-state index in [-0.39, 0.29) is 11.7 Å². The summed E-state index contributed by atoms with van der Waals surface area (Å²) in [5.74, 6) is -0.216. The summed E-state index contributed by atoms with van der Waals surface area (Å²) in [5.41, 5.74) is 1.95. The maximum Gasteiger partial charge on any atom is 0.221 e. The highest BCUT2D eigenvalue weighted by Crippen LogP contribution is 2.26. The number of hydrogen-bond acceptors (Lipinski definition) is 6. The summed E-state index contributed by atoms with van der Waals surface area (Å²) in [7, 11) is 0. The topological polar surface area (TPSA) is 89.8 Å². The van der Waals surface area contributed by atoms with E-state index in [4.69, 9.17) is 11.6 Å². The molecule has 1 unspecified atom stereocenters. The smallest absolute Gasteiger partial charge is 0.221 e. The first-order chi connectivity index (χ1) is 12.9. The van der Waals surface area contributed by atoms with E-state index in [2.05, 4.69) is 20.8 Å². The largest absolute Gasteiger partial charge is 0.326 e. The van der Waals surface area contributed by atoms with Crippen LogP contribution in [0.25, 0.3) is 5.69 Å². The Morgan fingerprint density at radius 1 is 1.11 bits per heavy atom. The Morgan fingerprint density at radius 2 is 1.78 bits per heavy atom. The summed E-state index contributed by atoms with van der Waals surface area (Å²) in [6, 6.07) is 13.9. The van der Waals surface area contributed by atoms with E-state index in [0.717, 1.165) is 5.69 Å². The van der Waals surface area contributed by atoms with Crippen molar-refractivity contribution in [3.05, 3.63) is 59.1 Å². The van der Waals surface area contributed by atoms with Crippen LogP contribution in [0.2, 0.25) is 5.02 Å². The molecule has 3 aromatic rings. The van der Waals surface area contributed by atoms with Crippen LogP contribution < -0.4 is 5.32 Å². The minimum Gasteiger partial charge on any atom is -0.326 e. The maximum absolute atomic E-state index is 12.7. The second-order valence-corrected chi connectivity index (χ2v) is 7.48. The molecule has 0 bridgehead atoms. The number of hydrogen-bond donors (Lipinski definition) is 1. The average molecular weight is 402 g/mol. The van der Waals surface area contributed by atoms with Crippen LogP contribution in [-0.4, -0.2) is 37.1 Å². The number of nitrogens with zero attached hydrogens (tertiary/aromatic N) is 4. The first kappa shape index (κ1) is 19.1. The molecule has 1 amide bonds. The second-order valence-electron chi connectivity index (χ2n) is 5.73. The molecule has 0 saturated carbocycles. The van der Waals surface area contributed by atoms with Crippen LogP contribution in [0.1, 0.15) is 24.2 Å². The Balaban J connectivity index is 1.73. The van der Waals surface area contributed by atoms with Gasteiger partial charge in [0.25, 0.3) is 0 Å². The summed E-state index contributed by atoms with van der Waals surface area (Å²) >= 11 is 7.18. The van der Waals surface area contributed by atoms with Gasteiger partial charge in [-0.1, -0.05) is 23.4 Å². The van der Waals surface area contributed by atoms with Crippen LogP contribution in [0.3, 0.4) is 0 Å². The normalized spacial score (nSPS) is 11.8. The Kier molecular flexibility index (Phi) is 5.88. The predicted molar refractivity (Wildman–Crippen MR) is 105 cm³/mol. The minimum atomic E-state index is -0.395. The molecule has 138 valence electrons. The van der Waals surface area contributed by atoms with Crippen LogP contribution in [0.5, 0.6) is 0 Å². The van der Waals surface area contributed by atoms with E-state index in [0.29, 0.717) is 21.4 Å². The third kappa shape index (κ3) is 4.72. The van der Waals surface area contributed by atoms with E-state index >= 15 is 0 Å². The fourth-order valence-corrected chi connectivity index (χ4v) is 3.37. The number of anilines is 1. The monoisotopic (exact) mass is 401 g/mol. The lowest BCUT2D eigenvalue weighted by Gasteiger charge is -2.11. The molecule has 0 spiro atoms. The molecule has 0 saturated heterocycles. The fraction of sp³-hybridized carbons (Fsp3) is 0.167. The van der Waals surface area contributed by atoms with Gasteiger partial charge in [-0.3, -0.25) is 9.59 Å². The standard InChI is InChI=1S/C18H16ClN5O2S/c1-11(17(26)13-3-7-15(8-4-13)20-12(2)25)27-18-21-22-23-24(18)16-9-5-14(19)6-10-16/h3-11H,1-2H3,(H,20,25). The number of Topliss-reactive ketones (excluding diaryl/α,β-unsaturated/α-hetero) is 1. The summed E-state index contributed by atoms with van der Waals surface area (Å²) in [4.78, 5) is 23.8. The van der Waals surface area contributed by atoms with E-state index in [1.54, 1.807) is 60.1 Å². The van der Waals surface area contributed by atoms with Crippen LogP contribution in [-0.2, 0) is 4.79 Å². The van der Waals surface area contributed by atoms with Gasteiger partial charge >= 0.3 is 0 Å². The van der Waals surface area contributed by atoms with E-state index < -0.39 is 5.25 Å². The Hall–Kier alpha value is -2.71. The number of benzene rings is 2. The first-order valence-corrected chi connectivity index (χ1v) is 9.32. The number of ketones is 1. The molecule has 3 rings (SSSR count). The zero-order valence-corrected chi connectivity index (χ0v) is 16.2. The molecule has 1 N–H and O–H groups in total. The second kappa shape index (κ2) is 8.32. The summed E-state index contributed by atoms with van der Waals surface area (Å²) in [6.45, 7) is 3.23. The number of aromatic nitrogens is 4.